The van der Waals surface area contributed by atoms with Gasteiger partial charge in [0.15, 0.2) is 0 Å². The third-order valence-corrected chi connectivity index (χ3v) is 4.89. The minimum Gasteiger partial charge on any atom is -0.325 e. The lowest BCUT2D eigenvalue weighted by molar-refractivity contribution is 0.263. The van der Waals surface area contributed by atoms with Crippen LogP contribution in [0.4, 0.5) is 0 Å². The highest BCUT2D eigenvalue weighted by Gasteiger charge is 2.24. The van der Waals surface area contributed by atoms with Crippen LogP contribution < -0.4 is 10.5 Å². The second-order valence-electron chi connectivity index (χ2n) is 5.77. The molecule has 1 rings (SSSR count). The Kier molecular flexibility index (Phi) is 5.06. The van der Waals surface area contributed by atoms with Crippen molar-refractivity contribution < 1.29 is 8.42 Å². The van der Waals surface area contributed by atoms with Crippen molar-refractivity contribution in [3.8, 4) is 0 Å². The predicted molar refractivity (Wildman–Crippen MR) is 75.9 cm³/mol. The molecule has 1 heterocycles. The van der Waals surface area contributed by atoms with Crippen LogP contribution in [0.25, 0.3) is 0 Å². The van der Waals surface area contributed by atoms with Gasteiger partial charge in [0.2, 0.25) is 10.0 Å². The minimum absolute atomic E-state index is 0.0498. The van der Waals surface area contributed by atoms with E-state index in [0.717, 1.165) is 0 Å². The van der Waals surface area contributed by atoms with Gasteiger partial charge in [-0.3, -0.25) is 4.98 Å². The lowest BCUT2D eigenvalue weighted by Crippen LogP contribution is -2.34. The molecule has 0 spiro atoms. The number of pyridine rings is 1. The van der Waals surface area contributed by atoms with Gasteiger partial charge in [-0.05, 0) is 23.5 Å². The van der Waals surface area contributed by atoms with Crippen molar-refractivity contribution in [3.63, 3.8) is 0 Å². The maximum atomic E-state index is 12.2. The Morgan fingerprint density at radius 1 is 1.42 bits per heavy atom. The van der Waals surface area contributed by atoms with Gasteiger partial charge in [-0.25, -0.2) is 13.1 Å². The second-order valence-corrected chi connectivity index (χ2v) is 7.51. The van der Waals surface area contributed by atoms with Crippen LogP contribution in [0.2, 0.25) is 0 Å². The molecule has 6 heteroatoms. The third kappa shape index (κ3) is 4.26. The number of hydrogen-bond acceptors (Lipinski definition) is 4. The van der Waals surface area contributed by atoms with Gasteiger partial charge in [-0.15, -0.1) is 0 Å². The highest BCUT2D eigenvalue weighted by Crippen LogP contribution is 2.25. The van der Waals surface area contributed by atoms with Crippen LogP contribution in [-0.4, -0.2) is 19.9 Å². The first-order chi connectivity index (χ1) is 8.68. The fraction of sp³-hybridized carbons (Fsp3) is 0.615. The zero-order chi connectivity index (χ0) is 14.7. The molecule has 3 N–H and O–H groups in total. The highest BCUT2D eigenvalue weighted by atomic mass is 32.2. The lowest BCUT2D eigenvalue weighted by atomic mass is 9.82. The molecule has 0 aliphatic heterocycles. The smallest absolute Gasteiger partial charge is 0.242 e. The van der Waals surface area contributed by atoms with Crippen molar-refractivity contribution in [3.05, 3.63) is 24.0 Å². The minimum atomic E-state index is -3.55. The first-order valence-corrected chi connectivity index (χ1v) is 7.80. The topological polar surface area (TPSA) is 85.1 Å². The maximum Gasteiger partial charge on any atom is 0.242 e. The van der Waals surface area contributed by atoms with Crippen LogP contribution in [0, 0.1) is 11.3 Å². The van der Waals surface area contributed by atoms with Crippen LogP contribution in [0.1, 0.15) is 33.4 Å². The van der Waals surface area contributed by atoms with Crippen molar-refractivity contribution in [2.45, 2.75) is 39.1 Å². The molecule has 1 aromatic rings. The predicted octanol–water partition coefficient (Wildman–Crippen LogP) is 1.50. The van der Waals surface area contributed by atoms with Crippen LogP contribution in [0.15, 0.2) is 23.2 Å². The van der Waals surface area contributed by atoms with Crippen LogP contribution in [-0.2, 0) is 16.6 Å². The van der Waals surface area contributed by atoms with Crippen LogP contribution in [0.5, 0.6) is 0 Å². The summed E-state index contributed by atoms with van der Waals surface area (Å²) in [6.45, 7) is 8.77. The summed E-state index contributed by atoms with van der Waals surface area (Å²) >= 11 is 0. The van der Waals surface area contributed by atoms with Crippen LogP contribution in [0.3, 0.4) is 0 Å². The molecule has 1 atom stereocenters. The average molecular weight is 285 g/mol. The van der Waals surface area contributed by atoms with Crippen molar-refractivity contribution in [2.75, 3.05) is 6.54 Å². The molecule has 0 aromatic carbocycles. The van der Waals surface area contributed by atoms with E-state index >= 15 is 0 Å². The summed E-state index contributed by atoms with van der Waals surface area (Å²) in [6, 6.07) is 3.13. The molecule has 0 fully saturated rings. The Morgan fingerprint density at radius 3 is 2.58 bits per heavy atom. The summed E-state index contributed by atoms with van der Waals surface area (Å²) in [5, 5.41) is 0. The molecular formula is C13H23N3O2S. The monoisotopic (exact) mass is 285 g/mol. The first kappa shape index (κ1) is 16.1. The number of sulfonamides is 1. The number of aromatic nitrogens is 1. The van der Waals surface area contributed by atoms with Gasteiger partial charge in [-0.2, -0.15) is 0 Å². The van der Waals surface area contributed by atoms with Crippen molar-refractivity contribution in [2.24, 2.45) is 17.1 Å². The molecule has 5 nitrogen and oxygen atoms in total. The van der Waals surface area contributed by atoms with Gasteiger partial charge in [0.25, 0.3) is 0 Å². The summed E-state index contributed by atoms with van der Waals surface area (Å²) in [7, 11) is -3.55. The summed E-state index contributed by atoms with van der Waals surface area (Å²) in [5.74, 6) is 0.222. The number of hydrogen-bond donors (Lipinski definition) is 2. The molecule has 0 bridgehead atoms. The van der Waals surface area contributed by atoms with E-state index in [9.17, 15) is 8.42 Å². The van der Waals surface area contributed by atoms with Crippen molar-refractivity contribution in [1.29, 1.82) is 0 Å². The number of nitrogens with one attached hydrogen (secondary N) is 1. The number of nitrogens with zero attached hydrogens (tertiary/aromatic N) is 1. The molecule has 0 amide bonds. The summed E-state index contributed by atoms with van der Waals surface area (Å²) in [4.78, 5) is 4.16. The van der Waals surface area contributed by atoms with Gasteiger partial charge in [-0.1, -0.05) is 27.7 Å². The second kappa shape index (κ2) is 5.98. The highest BCUT2D eigenvalue weighted by molar-refractivity contribution is 7.89. The zero-order valence-electron chi connectivity index (χ0n) is 12.0. The van der Waals surface area contributed by atoms with Gasteiger partial charge in [0.05, 0.1) is 5.69 Å². The van der Waals surface area contributed by atoms with E-state index in [4.69, 9.17) is 5.73 Å². The zero-order valence-corrected chi connectivity index (χ0v) is 12.8. The fourth-order valence-corrected chi connectivity index (χ4v) is 2.77. The van der Waals surface area contributed by atoms with Crippen LogP contribution >= 0.6 is 0 Å². The Bertz CT molecular complexity index is 521. The normalized spacial score (nSPS) is 14.4. The van der Waals surface area contributed by atoms with Gasteiger partial charge < -0.3 is 5.73 Å². The molecule has 108 valence electrons. The summed E-state index contributed by atoms with van der Waals surface area (Å²) in [5.41, 5.74) is 5.95. The van der Waals surface area contributed by atoms with Gasteiger partial charge in [0.1, 0.15) is 4.90 Å². The molecule has 19 heavy (non-hydrogen) atoms. The molecule has 1 aromatic heterocycles. The molecular weight excluding hydrogens is 262 g/mol. The molecule has 1 unspecified atom stereocenters. The average Bonchev–Trinajstić information content (AvgIpc) is 2.34. The Hall–Kier alpha value is -0.980. The van der Waals surface area contributed by atoms with Crippen molar-refractivity contribution >= 4 is 10.0 Å². The molecule has 0 aliphatic carbocycles. The number of nitrogens with two attached hydrogens (primary N) is 1. The fourth-order valence-electron chi connectivity index (χ4n) is 1.44. The quantitative estimate of drug-likeness (QED) is 0.858. The van der Waals surface area contributed by atoms with E-state index in [1.807, 2.05) is 6.92 Å². The van der Waals surface area contributed by atoms with Gasteiger partial charge >= 0.3 is 0 Å². The summed E-state index contributed by atoms with van der Waals surface area (Å²) in [6.07, 6.45) is 1.54. The van der Waals surface area contributed by atoms with E-state index in [2.05, 4.69) is 30.5 Å². The van der Waals surface area contributed by atoms with E-state index < -0.39 is 10.0 Å². The largest absolute Gasteiger partial charge is 0.325 e. The van der Waals surface area contributed by atoms with E-state index in [0.29, 0.717) is 12.2 Å². The summed E-state index contributed by atoms with van der Waals surface area (Å²) < 4.78 is 27.1. The van der Waals surface area contributed by atoms with E-state index in [1.165, 1.54) is 6.07 Å². The van der Waals surface area contributed by atoms with E-state index in [1.54, 1.807) is 12.3 Å². The standard InChI is InChI=1S/C13H23N3O2S/c1-10(13(2,3)4)9-16-19(17,18)12-6-5-7-15-11(12)8-14/h5-7,10,16H,8-9,14H2,1-4H3. The maximum absolute atomic E-state index is 12.2. The number of rotatable bonds is 5. The Morgan fingerprint density at radius 2 is 2.05 bits per heavy atom. The molecule has 0 aliphatic rings. The Balaban J connectivity index is 2.88. The first-order valence-electron chi connectivity index (χ1n) is 6.32. The Labute approximate surface area is 115 Å². The van der Waals surface area contributed by atoms with Crippen molar-refractivity contribution in [1.82, 2.24) is 9.71 Å². The van der Waals surface area contributed by atoms with Gasteiger partial charge in [0, 0.05) is 19.3 Å². The van der Waals surface area contributed by atoms with E-state index in [-0.39, 0.29) is 22.8 Å². The lowest BCUT2D eigenvalue weighted by Gasteiger charge is -2.27. The third-order valence-electron chi connectivity index (χ3n) is 3.39. The molecule has 0 saturated carbocycles. The molecule has 0 saturated heterocycles. The molecule has 0 radical (unpaired) electrons. The SMILES string of the molecule is CC(CNS(=O)(=O)c1cccnc1CN)C(C)(C)C.